The van der Waals surface area contributed by atoms with Crippen LogP contribution < -0.4 is 5.32 Å². The van der Waals surface area contributed by atoms with E-state index < -0.39 is 0 Å². The Bertz CT molecular complexity index is 1070. The molecule has 3 aromatic carbocycles. The largest absolute Gasteiger partial charge is 0.301 e. The Kier molecular flexibility index (Phi) is 5.82. The van der Waals surface area contributed by atoms with E-state index in [4.69, 9.17) is 0 Å². The summed E-state index contributed by atoms with van der Waals surface area (Å²) in [5.41, 5.74) is 5.30. The molecule has 1 amide bonds. The highest BCUT2D eigenvalue weighted by molar-refractivity contribution is 7.14. The standard InChI is InChI=1S/C25H22N2OS/c1-2-22(20-11-7-4-8-12-20)24(28)27-25-26-23(17-29-25)21-15-13-19(14-16-21)18-9-5-3-6-10-18/h3-17,22H,2H2,1H3,(H,26,27,28)/t22-/m1/s1. The average Bonchev–Trinajstić information content (AvgIpc) is 3.24. The summed E-state index contributed by atoms with van der Waals surface area (Å²) in [6.07, 6.45) is 0.745. The average molecular weight is 399 g/mol. The molecule has 0 saturated heterocycles. The Morgan fingerprint density at radius 1 is 0.862 bits per heavy atom. The van der Waals surface area contributed by atoms with E-state index in [9.17, 15) is 4.79 Å². The maximum atomic E-state index is 12.7. The maximum absolute atomic E-state index is 12.7. The lowest BCUT2D eigenvalue weighted by Crippen LogP contribution is -2.20. The van der Waals surface area contributed by atoms with E-state index in [0.29, 0.717) is 5.13 Å². The second-order valence-electron chi connectivity index (χ2n) is 6.84. The number of carbonyl (C=O) groups is 1. The van der Waals surface area contributed by atoms with Crippen LogP contribution in [0.1, 0.15) is 24.8 Å². The molecule has 1 atom stereocenters. The molecule has 4 rings (SSSR count). The van der Waals surface area contributed by atoms with Crippen molar-refractivity contribution in [1.82, 2.24) is 4.98 Å². The normalized spacial score (nSPS) is 11.8. The smallest absolute Gasteiger partial charge is 0.233 e. The van der Waals surface area contributed by atoms with Gasteiger partial charge in [-0.1, -0.05) is 91.9 Å². The first kappa shape index (κ1) is 19.1. The van der Waals surface area contributed by atoms with Gasteiger partial charge < -0.3 is 5.32 Å². The summed E-state index contributed by atoms with van der Waals surface area (Å²) in [5, 5.41) is 5.60. The predicted molar refractivity (Wildman–Crippen MR) is 121 cm³/mol. The number of nitrogens with zero attached hydrogens (tertiary/aromatic N) is 1. The van der Waals surface area contributed by atoms with Crippen LogP contribution in [0.3, 0.4) is 0 Å². The third-order valence-electron chi connectivity index (χ3n) is 4.95. The Hall–Kier alpha value is -3.24. The van der Waals surface area contributed by atoms with Gasteiger partial charge in [0.25, 0.3) is 0 Å². The highest BCUT2D eigenvalue weighted by Crippen LogP contribution is 2.29. The van der Waals surface area contributed by atoms with Gasteiger partial charge in [0.1, 0.15) is 0 Å². The Balaban J connectivity index is 1.47. The van der Waals surface area contributed by atoms with Crippen molar-refractivity contribution in [1.29, 1.82) is 0 Å². The van der Waals surface area contributed by atoms with E-state index >= 15 is 0 Å². The predicted octanol–water partition coefficient (Wildman–Crippen LogP) is 6.61. The summed E-state index contributed by atoms with van der Waals surface area (Å²) < 4.78 is 0. The molecule has 1 aromatic heterocycles. The highest BCUT2D eigenvalue weighted by Gasteiger charge is 2.19. The van der Waals surface area contributed by atoms with Crippen LogP contribution in [-0.2, 0) is 4.79 Å². The van der Waals surface area contributed by atoms with Gasteiger partial charge >= 0.3 is 0 Å². The van der Waals surface area contributed by atoms with Crippen molar-refractivity contribution in [3.63, 3.8) is 0 Å². The van der Waals surface area contributed by atoms with Crippen LogP contribution in [-0.4, -0.2) is 10.9 Å². The molecular formula is C25H22N2OS. The van der Waals surface area contributed by atoms with Crippen molar-refractivity contribution < 1.29 is 4.79 Å². The molecule has 4 heteroatoms. The van der Waals surface area contributed by atoms with Gasteiger partial charge in [0, 0.05) is 10.9 Å². The lowest BCUT2D eigenvalue weighted by Gasteiger charge is -2.14. The van der Waals surface area contributed by atoms with Crippen LogP contribution in [0.4, 0.5) is 5.13 Å². The van der Waals surface area contributed by atoms with Crippen molar-refractivity contribution in [2.45, 2.75) is 19.3 Å². The fraction of sp³-hybridized carbons (Fsp3) is 0.120. The van der Waals surface area contributed by atoms with Crippen LogP contribution in [0.25, 0.3) is 22.4 Å². The number of aromatic nitrogens is 1. The first-order valence-electron chi connectivity index (χ1n) is 9.72. The lowest BCUT2D eigenvalue weighted by atomic mass is 9.96. The molecule has 0 unspecified atom stereocenters. The Morgan fingerprint density at radius 3 is 2.10 bits per heavy atom. The van der Waals surface area contributed by atoms with E-state index in [0.717, 1.165) is 23.2 Å². The zero-order chi connectivity index (χ0) is 20.1. The Morgan fingerprint density at radius 2 is 1.45 bits per heavy atom. The van der Waals surface area contributed by atoms with Crippen molar-refractivity contribution >= 4 is 22.4 Å². The number of benzene rings is 3. The molecule has 29 heavy (non-hydrogen) atoms. The molecule has 3 nitrogen and oxygen atoms in total. The van der Waals surface area contributed by atoms with Crippen LogP contribution in [0.2, 0.25) is 0 Å². The van der Waals surface area contributed by atoms with E-state index in [1.54, 1.807) is 0 Å². The van der Waals surface area contributed by atoms with Gasteiger partial charge in [-0.15, -0.1) is 11.3 Å². The summed E-state index contributed by atoms with van der Waals surface area (Å²) in [6, 6.07) is 28.5. The molecule has 0 bridgehead atoms. The minimum Gasteiger partial charge on any atom is -0.301 e. The first-order valence-corrected chi connectivity index (χ1v) is 10.6. The zero-order valence-corrected chi connectivity index (χ0v) is 17.0. The fourth-order valence-electron chi connectivity index (χ4n) is 3.38. The molecule has 0 aliphatic heterocycles. The van der Waals surface area contributed by atoms with Crippen LogP contribution in [0.5, 0.6) is 0 Å². The summed E-state index contributed by atoms with van der Waals surface area (Å²) in [4.78, 5) is 17.4. The maximum Gasteiger partial charge on any atom is 0.233 e. The monoisotopic (exact) mass is 398 g/mol. The van der Waals surface area contributed by atoms with Gasteiger partial charge in [0.15, 0.2) is 5.13 Å². The molecule has 0 aliphatic rings. The van der Waals surface area contributed by atoms with Crippen molar-refractivity contribution in [2.24, 2.45) is 0 Å². The third-order valence-corrected chi connectivity index (χ3v) is 5.71. The summed E-state index contributed by atoms with van der Waals surface area (Å²) in [5.74, 6) is -0.187. The second-order valence-corrected chi connectivity index (χ2v) is 7.70. The number of thiazole rings is 1. The molecule has 0 fully saturated rings. The molecule has 0 spiro atoms. The third kappa shape index (κ3) is 4.44. The molecule has 1 N–H and O–H groups in total. The van der Waals surface area contributed by atoms with Crippen molar-refractivity contribution in [3.8, 4) is 22.4 Å². The first-order chi connectivity index (χ1) is 14.2. The van der Waals surface area contributed by atoms with Crippen LogP contribution >= 0.6 is 11.3 Å². The van der Waals surface area contributed by atoms with Gasteiger partial charge in [0.2, 0.25) is 5.91 Å². The molecule has 0 radical (unpaired) electrons. The topological polar surface area (TPSA) is 42.0 Å². The van der Waals surface area contributed by atoms with Gasteiger partial charge in [-0.2, -0.15) is 0 Å². The van der Waals surface area contributed by atoms with Gasteiger partial charge in [-0.05, 0) is 23.1 Å². The number of anilines is 1. The number of hydrogen-bond acceptors (Lipinski definition) is 3. The highest BCUT2D eigenvalue weighted by atomic mass is 32.1. The number of amides is 1. The van der Waals surface area contributed by atoms with E-state index in [2.05, 4.69) is 46.7 Å². The summed E-state index contributed by atoms with van der Waals surface area (Å²) in [7, 11) is 0. The molecule has 0 saturated carbocycles. The van der Waals surface area contributed by atoms with Gasteiger partial charge in [-0.3, -0.25) is 4.79 Å². The molecule has 1 heterocycles. The van der Waals surface area contributed by atoms with Gasteiger partial charge in [0.05, 0.1) is 11.6 Å². The zero-order valence-electron chi connectivity index (χ0n) is 16.2. The summed E-state index contributed by atoms with van der Waals surface area (Å²) in [6.45, 7) is 2.03. The van der Waals surface area contributed by atoms with E-state index in [1.807, 2.05) is 60.8 Å². The minimum absolute atomic E-state index is 0.0148. The van der Waals surface area contributed by atoms with Gasteiger partial charge in [-0.25, -0.2) is 4.98 Å². The van der Waals surface area contributed by atoms with Crippen molar-refractivity contribution in [3.05, 3.63) is 95.9 Å². The fourth-order valence-corrected chi connectivity index (χ4v) is 4.10. The van der Waals surface area contributed by atoms with Crippen LogP contribution in [0, 0.1) is 0 Å². The second kappa shape index (κ2) is 8.84. The molecule has 0 aliphatic carbocycles. The lowest BCUT2D eigenvalue weighted by molar-refractivity contribution is -0.117. The SMILES string of the molecule is CC[C@@H](C(=O)Nc1nc(-c2ccc(-c3ccccc3)cc2)cs1)c1ccccc1. The summed E-state index contributed by atoms with van der Waals surface area (Å²) >= 11 is 1.45. The van der Waals surface area contributed by atoms with E-state index in [-0.39, 0.29) is 11.8 Å². The molecule has 4 aromatic rings. The number of nitrogens with one attached hydrogen (secondary N) is 1. The quantitative estimate of drug-likeness (QED) is 0.397. The number of hydrogen-bond donors (Lipinski definition) is 1. The molecule has 144 valence electrons. The number of rotatable bonds is 6. The van der Waals surface area contributed by atoms with Crippen molar-refractivity contribution in [2.75, 3.05) is 5.32 Å². The van der Waals surface area contributed by atoms with E-state index in [1.165, 1.54) is 22.5 Å². The Labute approximate surface area is 175 Å². The number of carbonyl (C=O) groups excluding carboxylic acids is 1. The van der Waals surface area contributed by atoms with Crippen LogP contribution in [0.15, 0.2) is 90.3 Å². The minimum atomic E-state index is -0.172. The molecular weight excluding hydrogens is 376 g/mol.